The number of carbonyl (C=O) groups is 1. The highest BCUT2D eigenvalue weighted by atomic mass is 35.5. The summed E-state index contributed by atoms with van der Waals surface area (Å²) in [6, 6.07) is 11.5. The molecule has 2 heterocycles. The van der Waals surface area contributed by atoms with Crippen LogP contribution in [0.2, 0.25) is 5.02 Å². The molecule has 1 unspecified atom stereocenters. The predicted molar refractivity (Wildman–Crippen MR) is 139 cm³/mol. The zero-order valence-corrected chi connectivity index (χ0v) is 21.2. The summed E-state index contributed by atoms with van der Waals surface area (Å²) >= 11 is 5.66. The average Bonchev–Trinajstić information content (AvgIpc) is 3.24. The number of urea groups is 1. The van der Waals surface area contributed by atoms with Gasteiger partial charge in [-0.25, -0.2) is 4.79 Å². The van der Waals surface area contributed by atoms with Crippen molar-refractivity contribution in [2.75, 3.05) is 38.0 Å². The summed E-state index contributed by atoms with van der Waals surface area (Å²) < 4.78 is 39.3. The number of nitrogens with zero attached hydrogens (tertiary/aromatic N) is 2. The van der Waals surface area contributed by atoms with Crippen LogP contribution in [0.5, 0.6) is 0 Å². The minimum Gasteiger partial charge on any atom is -0.392 e. The first kappa shape index (κ1) is 26.1. The molecular formula is C28H31ClF3N3O2. The van der Waals surface area contributed by atoms with E-state index in [1.54, 1.807) is 4.90 Å². The van der Waals surface area contributed by atoms with Crippen LogP contribution in [0.3, 0.4) is 0 Å². The van der Waals surface area contributed by atoms with Crippen molar-refractivity contribution in [1.82, 2.24) is 9.80 Å². The average molecular weight is 534 g/mol. The SMILES string of the molecule is O=C(Nc1ccc(Cl)c(C(F)(F)F)c1)N1CCC(C(O)CN2CCC3(C=Cc4ccccc43)CC2)CC1. The van der Waals surface area contributed by atoms with Crippen molar-refractivity contribution in [3.8, 4) is 0 Å². The Morgan fingerprint density at radius 3 is 2.51 bits per heavy atom. The molecular weight excluding hydrogens is 503 g/mol. The van der Waals surface area contributed by atoms with Crippen LogP contribution in [0, 0.1) is 5.92 Å². The van der Waals surface area contributed by atoms with E-state index in [4.69, 9.17) is 11.6 Å². The summed E-state index contributed by atoms with van der Waals surface area (Å²) in [4.78, 5) is 16.6. The van der Waals surface area contributed by atoms with E-state index in [0.717, 1.165) is 38.1 Å². The van der Waals surface area contributed by atoms with Gasteiger partial charge < -0.3 is 20.2 Å². The van der Waals surface area contributed by atoms with Crippen molar-refractivity contribution >= 4 is 29.4 Å². The van der Waals surface area contributed by atoms with Crippen LogP contribution >= 0.6 is 11.6 Å². The van der Waals surface area contributed by atoms with Crippen molar-refractivity contribution in [3.63, 3.8) is 0 Å². The summed E-state index contributed by atoms with van der Waals surface area (Å²) in [5, 5.41) is 13.1. The van der Waals surface area contributed by atoms with Crippen LogP contribution in [0.4, 0.5) is 23.7 Å². The van der Waals surface area contributed by atoms with E-state index in [1.165, 1.54) is 17.2 Å². The summed E-state index contributed by atoms with van der Waals surface area (Å²) in [7, 11) is 0. The molecule has 2 fully saturated rings. The smallest absolute Gasteiger partial charge is 0.392 e. The van der Waals surface area contributed by atoms with Gasteiger partial charge in [0.2, 0.25) is 0 Å². The number of hydrogen-bond acceptors (Lipinski definition) is 3. The maximum absolute atomic E-state index is 13.1. The number of β-amino-alcohol motifs (C(OH)–C–C–N with tert-alkyl or cyclic N) is 1. The van der Waals surface area contributed by atoms with Gasteiger partial charge in [-0.15, -0.1) is 0 Å². The molecule has 2 aliphatic heterocycles. The fraction of sp³-hybridized carbons (Fsp3) is 0.464. The molecule has 0 saturated carbocycles. The third-order valence-electron chi connectivity index (χ3n) is 8.17. The minimum absolute atomic E-state index is 0.0477. The maximum atomic E-state index is 13.1. The molecule has 198 valence electrons. The second-order valence-electron chi connectivity index (χ2n) is 10.4. The quantitative estimate of drug-likeness (QED) is 0.505. The van der Waals surface area contributed by atoms with E-state index in [2.05, 4.69) is 46.6 Å². The number of amides is 2. The summed E-state index contributed by atoms with van der Waals surface area (Å²) in [5.74, 6) is 0.0828. The van der Waals surface area contributed by atoms with Gasteiger partial charge in [0.05, 0.1) is 16.7 Å². The van der Waals surface area contributed by atoms with E-state index in [-0.39, 0.29) is 17.0 Å². The number of rotatable bonds is 4. The maximum Gasteiger partial charge on any atom is 0.417 e. The number of allylic oxidation sites excluding steroid dienone is 1. The van der Waals surface area contributed by atoms with E-state index < -0.39 is 28.9 Å². The van der Waals surface area contributed by atoms with Gasteiger partial charge in [-0.05, 0) is 74.0 Å². The fourth-order valence-electron chi connectivity index (χ4n) is 5.93. The summed E-state index contributed by atoms with van der Waals surface area (Å²) in [5.41, 5.74) is 1.90. The van der Waals surface area contributed by atoms with Crippen LogP contribution in [0.1, 0.15) is 42.4 Å². The number of aliphatic hydroxyl groups excluding tert-OH is 1. The lowest BCUT2D eigenvalue weighted by Gasteiger charge is -2.41. The molecule has 2 aromatic carbocycles. The number of carbonyl (C=O) groups excluding carboxylic acids is 1. The normalized spacial score (nSPS) is 20.7. The van der Waals surface area contributed by atoms with Crippen LogP contribution in [-0.2, 0) is 11.6 Å². The summed E-state index contributed by atoms with van der Waals surface area (Å²) in [6.07, 6.45) is 2.87. The molecule has 0 aromatic heterocycles. The van der Waals surface area contributed by atoms with Crippen molar-refractivity contribution in [2.24, 2.45) is 5.92 Å². The number of fused-ring (bicyclic) bond motifs is 2. The highest BCUT2D eigenvalue weighted by molar-refractivity contribution is 6.31. The highest BCUT2D eigenvalue weighted by Gasteiger charge is 2.39. The molecule has 5 rings (SSSR count). The standard InChI is InChI=1S/C28H31ClF3N3O2/c29-24-6-5-21(17-23(24)28(30,31)32)33-26(37)35-13-8-20(9-14-35)25(36)18-34-15-11-27(12-16-34)10-7-19-3-1-2-4-22(19)27/h1-7,10,17,20,25,36H,8-9,11-16,18H2,(H,33,37). The zero-order chi connectivity index (χ0) is 26.2. The first-order chi connectivity index (χ1) is 17.6. The first-order valence-corrected chi connectivity index (χ1v) is 13.1. The van der Waals surface area contributed by atoms with Crippen molar-refractivity contribution in [3.05, 3.63) is 70.3 Å². The Balaban J connectivity index is 1.09. The Morgan fingerprint density at radius 1 is 1.11 bits per heavy atom. The predicted octanol–water partition coefficient (Wildman–Crippen LogP) is 6.02. The molecule has 5 nitrogen and oxygen atoms in total. The largest absolute Gasteiger partial charge is 0.417 e. The van der Waals surface area contributed by atoms with E-state index in [1.807, 2.05) is 0 Å². The summed E-state index contributed by atoms with van der Waals surface area (Å²) in [6.45, 7) is 3.36. The van der Waals surface area contributed by atoms with Gasteiger partial charge >= 0.3 is 12.2 Å². The van der Waals surface area contributed by atoms with Gasteiger partial charge in [-0.2, -0.15) is 13.2 Å². The third-order valence-corrected chi connectivity index (χ3v) is 8.50. The zero-order valence-electron chi connectivity index (χ0n) is 20.5. The van der Waals surface area contributed by atoms with Gasteiger partial charge in [-0.3, -0.25) is 0 Å². The van der Waals surface area contributed by atoms with Crippen molar-refractivity contribution < 1.29 is 23.1 Å². The molecule has 9 heteroatoms. The molecule has 2 amide bonds. The number of anilines is 1. The molecule has 3 aliphatic rings. The van der Waals surface area contributed by atoms with Crippen molar-refractivity contribution in [1.29, 1.82) is 0 Å². The molecule has 2 aromatic rings. The number of hydrogen-bond donors (Lipinski definition) is 2. The number of alkyl halides is 3. The molecule has 1 aliphatic carbocycles. The number of benzene rings is 2. The molecule has 0 radical (unpaired) electrons. The molecule has 1 spiro atoms. The monoisotopic (exact) mass is 533 g/mol. The number of likely N-dealkylation sites (tertiary alicyclic amines) is 2. The second-order valence-corrected chi connectivity index (χ2v) is 10.8. The highest BCUT2D eigenvalue weighted by Crippen LogP contribution is 2.43. The van der Waals surface area contributed by atoms with E-state index in [0.29, 0.717) is 32.5 Å². The molecule has 2 N–H and O–H groups in total. The van der Waals surface area contributed by atoms with Crippen LogP contribution < -0.4 is 5.32 Å². The van der Waals surface area contributed by atoms with Crippen LogP contribution in [0.25, 0.3) is 6.08 Å². The molecule has 0 bridgehead atoms. The van der Waals surface area contributed by atoms with Gasteiger partial charge in [0, 0.05) is 30.7 Å². The Labute approximate surface area is 219 Å². The Hall–Kier alpha value is -2.55. The van der Waals surface area contributed by atoms with Gasteiger partial charge in [-0.1, -0.05) is 48.0 Å². The number of aliphatic hydroxyl groups is 1. The van der Waals surface area contributed by atoms with E-state index >= 15 is 0 Å². The third kappa shape index (κ3) is 5.52. The Morgan fingerprint density at radius 2 is 1.81 bits per heavy atom. The van der Waals surface area contributed by atoms with Gasteiger partial charge in [0.15, 0.2) is 0 Å². The molecule has 2 saturated heterocycles. The lowest BCUT2D eigenvalue weighted by molar-refractivity contribution is -0.137. The molecule has 37 heavy (non-hydrogen) atoms. The van der Waals surface area contributed by atoms with E-state index in [9.17, 15) is 23.1 Å². The van der Waals surface area contributed by atoms with Crippen molar-refractivity contribution in [2.45, 2.75) is 43.4 Å². The number of halogens is 4. The lowest BCUT2D eigenvalue weighted by Crippen LogP contribution is -2.48. The second kappa shape index (κ2) is 10.3. The lowest BCUT2D eigenvalue weighted by atomic mass is 9.74. The van der Waals surface area contributed by atoms with Gasteiger partial charge in [0.1, 0.15) is 0 Å². The number of piperidine rings is 2. The topological polar surface area (TPSA) is 55.8 Å². The first-order valence-electron chi connectivity index (χ1n) is 12.8. The Kier molecular flexibility index (Phi) is 7.27. The number of nitrogens with one attached hydrogen (secondary N) is 1. The van der Waals surface area contributed by atoms with Gasteiger partial charge in [0.25, 0.3) is 0 Å². The van der Waals surface area contributed by atoms with Crippen LogP contribution in [-0.4, -0.2) is 59.8 Å². The Bertz CT molecular complexity index is 1170. The fourth-order valence-corrected chi connectivity index (χ4v) is 6.15. The molecule has 1 atom stereocenters. The van der Waals surface area contributed by atoms with Crippen LogP contribution in [0.15, 0.2) is 48.5 Å². The minimum atomic E-state index is -4.60.